The monoisotopic (exact) mass is 412 g/mol. The van der Waals surface area contributed by atoms with Gasteiger partial charge in [-0.2, -0.15) is 0 Å². The third-order valence-corrected chi connectivity index (χ3v) is 6.34. The first-order chi connectivity index (χ1) is 13.8. The molecule has 0 aliphatic heterocycles. The van der Waals surface area contributed by atoms with Gasteiger partial charge in [0, 0.05) is 25.4 Å². The normalized spacial score (nSPS) is 24.0. The fourth-order valence-corrected chi connectivity index (χ4v) is 4.57. The second-order valence-electron chi connectivity index (χ2n) is 9.19. The molecule has 2 N–H and O–H groups in total. The molecule has 170 valence electrons. The summed E-state index contributed by atoms with van der Waals surface area (Å²) in [4.78, 5) is 23.3. The van der Waals surface area contributed by atoms with E-state index < -0.39 is 11.6 Å². The number of ether oxygens (including phenoxy) is 1. The van der Waals surface area contributed by atoms with Crippen LogP contribution in [-0.4, -0.2) is 40.3 Å². The van der Waals surface area contributed by atoms with E-state index in [0.29, 0.717) is 25.2 Å². The summed E-state index contributed by atoms with van der Waals surface area (Å²) in [5.41, 5.74) is -0.669. The van der Waals surface area contributed by atoms with Crippen LogP contribution in [0.25, 0.3) is 0 Å². The fraction of sp³-hybridized carbons (Fsp3) is 0.917. The Balaban J connectivity index is 2.56. The number of unbranched alkanes of at least 4 members (excludes halogenated alkanes) is 5. The topological polar surface area (TPSA) is 83.8 Å². The minimum atomic E-state index is -0.738. The van der Waals surface area contributed by atoms with E-state index in [-0.39, 0.29) is 24.4 Å². The first-order valence-electron chi connectivity index (χ1n) is 11.9. The Morgan fingerprint density at radius 2 is 1.76 bits per heavy atom. The summed E-state index contributed by atoms with van der Waals surface area (Å²) >= 11 is 0. The molecule has 5 nitrogen and oxygen atoms in total. The summed E-state index contributed by atoms with van der Waals surface area (Å²) in [6.07, 6.45) is 11.8. The Morgan fingerprint density at radius 1 is 1.03 bits per heavy atom. The second-order valence-corrected chi connectivity index (χ2v) is 9.19. The van der Waals surface area contributed by atoms with Crippen LogP contribution in [0.2, 0.25) is 0 Å². The predicted octanol–water partition coefficient (Wildman–Crippen LogP) is 5.52. The zero-order chi connectivity index (χ0) is 21.7. The van der Waals surface area contributed by atoms with Crippen LogP contribution < -0.4 is 0 Å². The number of Topliss-reactive ketones (excluding diaryl/α,β-unsaturated/α-hetero) is 1. The average Bonchev–Trinajstić information content (AvgIpc) is 2.95. The summed E-state index contributed by atoms with van der Waals surface area (Å²) in [6, 6.07) is 0. The molecule has 0 aromatic carbocycles. The van der Waals surface area contributed by atoms with E-state index in [4.69, 9.17) is 9.84 Å². The van der Waals surface area contributed by atoms with Gasteiger partial charge in [-0.05, 0) is 51.4 Å². The number of aliphatic hydroxyl groups is 1. The molecule has 1 fully saturated rings. The fourth-order valence-electron chi connectivity index (χ4n) is 4.57. The van der Waals surface area contributed by atoms with Gasteiger partial charge in [0.25, 0.3) is 0 Å². The molecule has 1 rings (SSSR count). The number of carbonyl (C=O) groups is 2. The van der Waals surface area contributed by atoms with Gasteiger partial charge in [-0.25, -0.2) is 0 Å². The number of hydrogen-bond donors (Lipinski definition) is 2. The maximum absolute atomic E-state index is 12.7. The highest BCUT2D eigenvalue weighted by atomic mass is 16.5. The molecule has 0 aromatic rings. The Bertz CT molecular complexity index is 474. The van der Waals surface area contributed by atoms with E-state index >= 15 is 0 Å². The number of rotatable bonds is 17. The van der Waals surface area contributed by atoms with Crippen LogP contribution in [0.3, 0.4) is 0 Å². The molecule has 29 heavy (non-hydrogen) atoms. The SMILES string of the molecule is CCCCCC(C)(O)CC[C@H]1[C@H](OCCC)CC(=O)[C@@H]1CCCCCCC(=O)O. The van der Waals surface area contributed by atoms with Crippen LogP contribution in [0, 0.1) is 11.8 Å². The average molecular weight is 413 g/mol. The highest BCUT2D eigenvalue weighted by Crippen LogP contribution is 2.39. The lowest BCUT2D eigenvalue weighted by atomic mass is 9.82. The third kappa shape index (κ3) is 10.6. The predicted molar refractivity (Wildman–Crippen MR) is 116 cm³/mol. The third-order valence-electron chi connectivity index (χ3n) is 6.34. The van der Waals surface area contributed by atoms with Crippen molar-refractivity contribution in [3.63, 3.8) is 0 Å². The molecular weight excluding hydrogens is 368 g/mol. The summed E-state index contributed by atoms with van der Waals surface area (Å²) in [5.74, 6) is -0.196. The van der Waals surface area contributed by atoms with Crippen LogP contribution in [0.5, 0.6) is 0 Å². The molecule has 0 saturated heterocycles. The van der Waals surface area contributed by atoms with Crippen molar-refractivity contribution in [2.45, 2.75) is 122 Å². The van der Waals surface area contributed by atoms with E-state index in [1.165, 1.54) is 0 Å². The number of hydrogen-bond acceptors (Lipinski definition) is 4. The van der Waals surface area contributed by atoms with Gasteiger partial charge in [0.1, 0.15) is 5.78 Å². The molecule has 0 aromatic heterocycles. The van der Waals surface area contributed by atoms with Crippen LogP contribution in [-0.2, 0) is 14.3 Å². The minimum Gasteiger partial charge on any atom is -0.481 e. The van der Waals surface area contributed by atoms with Crippen LogP contribution >= 0.6 is 0 Å². The lowest BCUT2D eigenvalue weighted by Crippen LogP contribution is -2.29. The Hall–Kier alpha value is -0.940. The lowest BCUT2D eigenvalue weighted by Gasteiger charge is -2.29. The van der Waals surface area contributed by atoms with Crippen molar-refractivity contribution < 1.29 is 24.5 Å². The smallest absolute Gasteiger partial charge is 0.303 e. The van der Waals surface area contributed by atoms with E-state index in [9.17, 15) is 14.7 Å². The summed E-state index contributed by atoms with van der Waals surface area (Å²) in [7, 11) is 0. The van der Waals surface area contributed by atoms with E-state index in [2.05, 4.69) is 13.8 Å². The van der Waals surface area contributed by atoms with Crippen LogP contribution in [0.15, 0.2) is 0 Å². The molecule has 1 aliphatic rings. The quantitative estimate of drug-likeness (QED) is 0.307. The molecular formula is C24H44O5. The van der Waals surface area contributed by atoms with Gasteiger partial charge >= 0.3 is 5.97 Å². The minimum absolute atomic E-state index is 0.00842. The zero-order valence-electron chi connectivity index (χ0n) is 19.0. The largest absolute Gasteiger partial charge is 0.481 e. The molecule has 0 spiro atoms. The van der Waals surface area contributed by atoms with Gasteiger partial charge < -0.3 is 14.9 Å². The van der Waals surface area contributed by atoms with E-state index in [0.717, 1.165) is 70.6 Å². The number of carboxylic acid groups (broad SMARTS) is 1. The lowest BCUT2D eigenvalue weighted by molar-refractivity contribution is -0.137. The highest BCUT2D eigenvalue weighted by molar-refractivity contribution is 5.84. The second kappa shape index (κ2) is 14.1. The van der Waals surface area contributed by atoms with Crippen molar-refractivity contribution >= 4 is 11.8 Å². The molecule has 0 radical (unpaired) electrons. The summed E-state index contributed by atoms with van der Waals surface area (Å²) in [5, 5.41) is 19.5. The van der Waals surface area contributed by atoms with Crippen LogP contribution in [0.4, 0.5) is 0 Å². The van der Waals surface area contributed by atoms with Crippen molar-refractivity contribution in [1.29, 1.82) is 0 Å². The van der Waals surface area contributed by atoms with Gasteiger partial charge in [-0.3, -0.25) is 9.59 Å². The van der Waals surface area contributed by atoms with Crippen molar-refractivity contribution in [1.82, 2.24) is 0 Å². The first-order valence-corrected chi connectivity index (χ1v) is 11.9. The van der Waals surface area contributed by atoms with Gasteiger partial charge in [-0.1, -0.05) is 52.4 Å². The van der Waals surface area contributed by atoms with Crippen molar-refractivity contribution in [3.05, 3.63) is 0 Å². The molecule has 0 amide bonds. The van der Waals surface area contributed by atoms with Crippen molar-refractivity contribution in [2.75, 3.05) is 6.61 Å². The molecule has 1 aliphatic carbocycles. The Kier molecular flexibility index (Phi) is 12.7. The standard InChI is InChI=1S/C24H44O5/c1-4-6-11-15-24(3,28)16-14-20-19(12-9-7-8-10-13-23(26)27)21(25)18-22(20)29-17-5-2/h19-20,22,28H,4-18H2,1-3H3,(H,26,27)/t19-,20-,22-,24?/m1/s1. The van der Waals surface area contributed by atoms with Crippen LogP contribution in [0.1, 0.15) is 111 Å². The molecule has 5 heteroatoms. The van der Waals surface area contributed by atoms with E-state index in [1.54, 1.807) is 0 Å². The maximum Gasteiger partial charge on any atom is 0.303 e. The zero-order valence-corrected chi connectivity index (χ0v) is 19.0. The molecule has 4 atom stereocenters. The maximum atomic E-state index is 12.7. The molecule has 1 unspecified atom stereocenters. The van der Waals surface area contributed by atoms with Crippen molar-refractivity contribution in [3.8, 4) is 0 Å². The molecule has 0 heterocycles. The molecule has 0 bridgehead atoms. The number of aliphatic carboxylic acids is 1. The van der Waals surface area contributed by atoms with Gasteiger partial charge in [0.2, 0.25) is 0 Å². The number of ketones is 1. The summed E-state index contributed by atoms with van der Waals surface area (Å²) < 4.78 is 6.03. The number of carbonyl (C=O) groups excluding carboxylic acids is 1. The first kappa shape index (κ1) is 26.1. The Labute approximate surface area is 177 Å². The highest BCUT2D eigenvalue weighted by Gasteiger charge is 2.42. The van der Waals surface area contributed by atoms with Crippen molar-refractivity contribution in [2.24, 2.45) is 11.8 Å². The molecule has 1 saturated carbocycles. The number of carboxylic acids is 1. The van der Waals surface area contributed by atoms with E-state index in [1.807, 2.05) is 6.92 Å². The Morgan fingerprint density at radius 3 is 2.41 bits per heavy atom. The summed E-state index contributed by atoms with van der Waals surface area (Å²) in [6.45, 7) is 6.86. The van der Waals surface area contributed by atoms with Gasteiger partial charge in [0.05, 0.1) is 11.7 Å². The van der Waals surface area contributed by atoms with Gasteiger partial charge in [0.15, 0.2) is 0 Å². The van der Waals surface area contributed by atoms with Gasteiger partial charge in [-0.15, -0.1) is 0 Å².